The molecule has 0 saturated heterocycles. The van der Waals surface area contributed by atoms with E-state index in [1.807, 2.05) is 6.08 Å². The highest BCUT2D eigenvalue weighted by atomic mass is 16.6. The molecule has 0 rings (SSSR count). The molecule has 0 N–H and O–H groups in total. The van der Waals surface area contributed by atoms with Gasteiger partial charge in [0.15, 0.2) is 6.29 Å². The van der Waals surface area contributed by atoms with Crippen LogP contribution in [0.3, 0.4) is 0 Å². The van der Waals surface area contributed by atoms with Crippen molar-refractivity contribution in [2.24, 2.45) is 0 Å². The Morgan fingerprint density at radius 1 is 0.852 bits per heavy atom. The highest BCUT2D eigenvalue weighted by Gasteiger charge is 2.08. The number of unbranched alkanes of at least 4 members (excludes halogenated alkanes) is 5. The first-order valence-electron chi connectivity index (χ1n) is 9.34. The molecule has 0 fully saturated rings. The normalized spacial score (nSPS) is 12.8. The molecule has 0 saturated carbocycles. The summed E-state index contributed by atoms with van der Waals surface area (Å²) in [4.78, 5) is 31.3. The molecule has 1 radical (unpaired) electrons. The predicted molar refractivity (Wildman–Crippen MR) is 106 cm³/mol. The molecule has 27 heavy (non-hydrogen) atoms. The van der Waals surface area contributed by atoms with E-state index in [0.717, 1.165) is 19.3 Å². The van der Waals surface area contributed by atoms with Crippen molar-refractivity contribution < 1.29 is 14.6 Å². The van der Waals surface area contributed by atoms with E-state index in [1.165, 1.54) is 6.08 Å². The Balaban J connectivity index is 4.45. The zero-order valence-corrected chi connectivity index (χ0v) is 16.0. The van der Waals surface area contributed by atoms with Crippen molar-refractivity contribution in [2.75, 3.05) is 0 Å². The maximum atomic E-state index is 11.0. The van der Waals surface area contributed by atoms with Gasteiger partial charge in [0.25, 0.3) is 0 Å². The molecular weight excluding hydrogens is 348 g/mol. The van der Waals surface area contributed by atoms with Crippen LogP contribution in [0.2, 0.25) is 0 Å². The average molecular weight is 377 g/mol. The van der Waals surface area contributed by atoms with Crippen LogP contribution >= 0.6 is 0 Å². The number of nitrogens with zero attached hydrogens (tertiary/aromatic N) is 2. The molecule has 0 spiro atoms. The van der Waals surface area contributed by atoms with Gasteiger partial charge in [-0.1, -0.05) is 44.1 Å². The number of carbonyl (C=O) groups excluding carboxylic acids is 1. The van der Waals surface area contributed by atoms with Gasteiger partial charge in [0.05, 0.1) is 22.7 Å². The lowest BCUT2D eigenvalue weighted by molar-refractivity contribution is -0.427. The Hall–Kier alpha value is -2.57. The summed E-state index contributed by atoms with van der Waals surface area (Å²) < 4.78 is 0. The molecule has 7 heteroatoms. The van der Waals surface area contributed by atoms with Crippen LogP contribution in [-0.4, -0.2) is 16.1 Å². The zero-order chi connectivity index (χ0) is 20.3. The molecule has 0 heterocycles. The molecule has 0 aromatic rings. The summed E-state index contributed by atoms with van der Waals surface area (Å²) in [6.45, 7) is 2.08. The van der Waals surface area contributed by atoms with Crippen molar-refractivity contribution in [2.45, 2.75) is 71.1 Å². The van der Waals surface area contributed by atoms with E-state index < -0.39 is 4.92 Å². The van der Waals surface area contributed by atoms with E-state index in [1.54, 1.807) is 30.6 Å². The quantitative estimate of drug-likeness (QED) is 0.154. The molecule has 0 aliphatic carbocycles. The molecule has 149 valence electrons. The SMILES string of the molecule is CCCCC/C=C(\C/C=C\C/C=C(\C/C=C\CCC[C]=O)[N+](=O)[O-])[N+](=O)[O-]. The van der Waals surface area contributed by atoms with Crippen LogP contribution in [0, 0.1) is 20.2 Å². The van der Waals surface area contributed by atoms with Crippen molar-refractivity contribution in [3.05, 3.63) is 68.1 Å². The fourth-order valence-corrected chi connectivity index (χ4v) is 2.25. The first-order chi connectivity index (χ1) is 13.0. The molecule has 0 aliphatic heterocycles. The second kappa shape index (κ2) is 16.9. The van der Waals surface area contributed by atoms with Crippen molar-refractivity contribution in [3.8, 4) is 0 Å². The van der Waals surface area contributed by atoms with Crippen LogP contribution in [0.1, 0.15) is 71.1 Å². The van der Waals surface area contributed by atoms with Gasteiger partial charge < -0.3 is 0 Å². The van der Waals surface area contributed by atoms with Crippen LogP contribution in [0.15, 0.2) is 47.9 Å². The van der Waals surface area contributed by atoms with Gasteiger partial charge >= 0.3 is 0 Å². The minimum atomic E-state index is -0.423. The highest BCUT2D eigenvalue weighted by molar-refractivity contribution is 5.50. The number of nitro groups is 2. The molecule has 0 atom stereocenters. The van der Waals surface area contributed by atoms with E-state index in [2.05, 4.69) is 6.92 Å². The molecule has 0 bridgehead atoms. The number of allylic oxidation sites excluding steroid dienone is 6. The molecule has 0 aromatic carbocycles. The summed E-state index contributed by atoms with van der Waals surface area (Å²) in [5.41, 5.74) is 0.249. The molecule has 0 aliphatic rings. The maximum Gasteiger partial charge on any atom is 0.246 e. The summed E-state index contributed by atoms with van der Waals surface area (Å²) in [6, 6.07) is 0. The fraction of sp³-hybridized carbons (Fsp3) is 0.550. The highest BCUT2D eigenvalue weighted by Crippen LogP contribution is 2.10. The third-order valence-electron chi connectivity index (χ3n) is 3.78. The molecule has 0 unspecified atom stereocenters. The second-order valence-electron chi connectivity index (χ2n) is 6.02. The number of hydrogen-bond acceptors (Lipinski definition) is 5. The van der Waals surface area contributed by atoms with Crippen molar-refractivity contribution in [3.63, 3.8) is 0 Å². The summed E-state index contributed by atoms with van der Waals surface area (Å²) in [7, 11) is 0. The van der Waals surface area contributed by atoms with Crippen LogP contribution in [-0.2, 0) is 4.79 Å². The Kier molecular flexibility index (Phi) is 15.3. The molecule has 7 nitrogen and oxygen atoms in total. The van der Waals surface area contributed by atoms with Gasteiger partial charge in [0.2, 0.25) is 11.4 Å². The number of rotatable bonds is 16. The standard InChI is InChI=1S/C20H29N2O5/c1-2-3-4-9-14-19(21(24)25)16-11-8-12-17-20(22(26)27)15-10-6-5-7-13-18-23/h6,8,10-11,14,17H,2-5,7,9,12-13,15-16H2,1H3/b10-6-,11-8-,19-14+,20-17+. The second-order valence-corrected chi connectivity index (χ2v) is 6.02. The first-order valence-corrected chi connectivity index (χ1v) is 9.34. The van der Waals surface area contributed by atoms with E-state index in [-0.39, 0.29) is 29.2 Å². The van der Waals surface area contributed by atoms with E-state index >= 15 is 0 Å². The van der Waals surface area contributed by atoms with E-state index in [9.17, 15) is 25.0 Å². The van der Waals surface area contributed by atoms with Crippen LogP contribution in [0.5, 0.6) is 0 Å². The van der Waals surface area contributed by atoms with Crippen LogP contribution < -0.4 is 0 Å². The monoisotopic (exact) mass is 377 g/mol. The summed E-state index contributed by atoms with van der Waals surface area (Å²) >= 11 is 0. The summed E-state index contributed by atoms with van der Waals surface area (Å²) in [6.07, 6.45) is 18.2. The lowest BCUT2D eigenvalue weighted by Crippen LogP contribution is -1.98. The first kappa shape index (κ1) is 24.4. The minimum absolute atomic E-state index is 0.0856. The Bertz CT molecular complexity index is 577. The zero-order valence-electron chi connectivity index (χ0n) is 16.0. The van der Waals surface area contributed by atoms with Gasteiger partial charge in [-0.15, -0.1) is 0 Å². The molecule has 0 aromatic heterocycles. The summed E-state index contributed by atoms with van der Waals surface area (Å²) in [5, 5.41) is 22.0. The molecule has 0 amide bonds. The third-order valence-corrected chi connectivity index (χ3v) is 3.78. The van der Waals surface area contributed by atoms with Gasteiger partial charge in [0.1, 0.15) is 0 Å². The van der Waals surface area contributed by atoms with Crippen molar-refractivity contribution in [1.82, 2.24) is 0 Å². The fourth-order valence-electron chi connectivity index (χ4n) is 2.25. The lowest BCUT2D eigenvalue weighted by atomic mass is 10.1. The van der Waals surface area contributed by atoms with Gasteiger partial charge in [-0.3, -0.25) is 25.0 Å². The smallest absolute Gasteiger partial charge is 0.246 e. The Labute approximate surface area is 160 Å². The molecular formula is C20H29N2O5. The number of hydrogen-bond donors (Lipinski definition) is 0. The van der Waals surface area contributed by atoms with Crippen LogP contribution in [0.4, 0.5) is 0 Å². The summed E-state index contributed by atoms with van der Waals surface area (Å²) in [5.74, 6) is 0. The van der Waals surface area contributed by atoms with Crippen molar-refractivity contribution >= 4 is 6.29 Å². The van der Waals surface area contributed by atoms with Gasteiger partial charge in [-0.2, -0.15) is 0 Å². The topological polar surface area (TPSA) is 103 Å². The Morgan fingerprint density at radius 2 is 1.48 bits per heavy atom. The van der Waals surface area contributed by atoms with E-state index in [0.29, 0.717) is 32.1 Å². The van der Waals surface area contributed by atoms with Crippen molar-refractivity contribution in [1.29, 1.82) is 0 Å². The Morgan fingerprint density at radius 3 is 2.07 bits per heavy atom. The van der Waals surface area contributed by atoms with E-state index in [4.69, 9.17) is 0 Å². The third kappa shape index (κ3) is 14.3. The predicted octanol–water partition coefficient (Wildman–Crippen LogP) is 5.45. The maximum absolute atomic E-state index is 11.0. The van der Waals surface area contributed by atoms with Gasteiger partial charge in [-0.05, 0) is 44.3 Å². The largest absolute Gasteiger partial charge is 0.291 e. The van der Waals surface area contributed by atoms with Crippen LogP contribution in [0.25, 0.3) is 0 Å². The average Bonchev–Trinajstić information content (AvgIpc) is 2.63. The minimum Gasteiger partial charge on any atom is -0.291 e. The van der Waals surface area contributed by atoms with Gasteiger partial charge in [0, 0.05) is 6.42 Å². The lowest BCUT2D eigenvalue weighted by Gasteiger charge is -1.96. The van der Waals surface area contributed by atoms with Gasteiger partial charge in [-0.25, -0.2) is 0 Å².